The monoisotopic (exact) mass is 399 g/mol. The highest BCUT2D eigenvalue weighted by atomic mass is 16.6. The van der Waals surface area contributed by atoms with Crippen molar-refractivity contribution in [2.24, 2.45) is 0 Å². The van der Waals surface area contributed by atoms with Gasteiger partial charge in [-0.3, -0.25) is 14.9 Å². The Bertz CT molecular complexity index is 906. The summed E-state index contributed by atoms with van der Waals surface area (Å²) in [5, 5.41) is 28.5. The number of nitro benzene ring substituents is 1. The molecular weight excluding hydrogens is 378 g/mol. The number of aryl methyl sites for hydroxylation is 1. The molecule has 29 heavy (non-hydrogen) atoms. The number of benzene rings is 1. The van der Waals surface area contributed by atoms with Gasteiger partial charge in [0.2, 0.25) is 0 Å². The van der Waals surface area contributed by atoms with Crippen molar-refractivity contribution in [3.63, 3.8) is 0 Å². The molecule has 0 spiro atoms. The summed E-state index contributed by atoms with van der Waals surface area (Å²) < 4.78 is 0. The molecule has 1 aromatic heterocycles. The molecule has 1 aliphatic heterocycles. The number of likely N-dealkylation sites (tertiary alicyclic amines) is 1. The van der Waals surface area contributed by atoms with E-state index in [4.69, 9.17) is 5.11 Å². The van der Waals surface area contributed by atoms with E-state index in [0.717, 1.165) is 23.6 Å². The second-order valence-corrected chi connectivity index (χ2v) is 7.00. The molecule has 10 nitrogen and oxygen atoms in total. The molecule has 0 radical (unpaired) electrons. The van der Waals surface area contributed by atoms with Gasteiger partial charge in [-0.15, -0.1) is 5.10 Å². The standard InChI is InChI=1S/C19H21N5O5/c1-12-3-4-17(21-20-12)22(2)15-5-7-23(8-6-15)18(25)13-9-14(19(26)27)11-16(10-13)24(28)29/h3-4,9-11,15H,5-8H2,1-2H3,(H,26,27). The van der Waals surface area contributed by atoms with Crippen molar-refractivity contribution in [3.8, 4) is 0 Å². The molecular formula is C19H21N5O5. The Morgan fingerprint density at radius 2 is 1.83 bits per heavy atom. The number of nitro groups is 1. The van der Waals surface area contributed by atoms with Gasteiger partial charge in [0.25, 0.3) is 11.6 Å². The van der Waals surface area contributed by atoms with E-state index >= 15 is 0 Å². The zero-order chi connectivity index (χ0) is 21.1. The minimum Gasteiger partial charge on any atom is -0.478 e. The van der Waals surface area contributed by atoms with Gasteiger partial charge in [-0.05, 0) is 38.0 Å². The van der Waals surface area contributed by atoms with Crippen LogP contribution in [0, 0.1) is 17.0 Å². The van der Waals surface area contributed by atoms with E-state index in [1.54, 1.807) is 4.90 Å². The van der Waals surface area contributed by atoms with Gasteiger partial charge in [0.15, 0.2) is 5.82 Å². The van der Waals surface area contributed by atoms with Gasteiger partial charge in [0, 0.05) is 43.9 Å². The molecule has 1 aromatic carbocycles. The summed E-state index contributed by atoms with van der Waals surface area (Å²) in [6.45, 7) is 2.78. The topological polar surface area (TPSA) is 130 Å². The Hall–Kier alpha value is -3.56. The van der Waals surface area contributed by atoms with Crippen LogP contribution < -0.4 is 4.90 Å². The molecule has 1 aliphatic rings. The molecule has 3 rings (SSSR count). The third-order valence-electron chi connectivity index (χ3n) is 5.07. The SMILES string of the molecule is Cc1ccc(N(C)C2CCN(C(=O)c3cc(C(=O)O)cc([N+](=O)[O-])c3)CC2)nn1. The predicted molar refractivity (Wildman–Crippen MR) is 104 cm³/mol. The van der Waals surface area contributed by atoms with E-state index in [1.165, 1.54) is 6.07 Å². The van der Waals surface area contributed by atoms with Crippen LogP contribution in [0.4, 0.5) is 11.5 Å². The normalized spacial score (nSPS) is 14.5. The van der Waals surface area contributed by atoms with E-state index in [2.05, 4.69) is 10.2 Å². The number of non-ortho nitro benzene ring substituents is 1. The second kappa shape index (κ2) is 8.21. The number of aromatic nitrogens is 2. The lowest BCUT2D eigenvalue weighted by Gasteiger charge is -2.37. The van der Waals surface area contributed by atoms with Crippen LogP contribution in [0.1, 0.15) is 39.3 Å². The Kier molecular flexibility index (Phi) is 5.71. The van der Waals surface area contributed by atoms with E-state index < -0.39 is 22.5 Å². The number of aromatic carboxylic acids is 1. The number of carbonyl (C=O) groups is 2. The molecule has 152 valence electrons. The molecule has 2 heterocycles. The summed E-state index contributed by atoms with van der Waals surface area (Å²) >= 11 is 0. The number of piperidine rings is 1. The van der Waals surface area contributed by atoms with Gasteiger partial charge in [-0.25, -0.2) is 4.79 Å². The maximum absolute atomic E-state index is 12.8. The first-order chi connectivity index (χ1) is 13.8. The van der Waals surface area contributed by atoms with Gasteiger partial charge in [-0.2, -0.15) is 5.10 Å². The number of hydrogen-bond donors (Lipinski definition) is 1. The number of carboxylic acids is 1. The number of rotatable bonds is 5. The lowest BCUT2D eigenvalue weighted by Crippen LogP contribution is -2.46. The molecule has 1 fully saturated rings. The summed E-state index contributed by atoms with van der Waals surface area (Å²) in [5.74, 6) is -0.972. The molecule has 0 atom stereocenters. The summed E-state index contributed by atoms with van der Waals surface area (Å²) in [5.41, 5.74) is 0.143. The Morgan fingerprint density at radius 3 is 2.38 bits per heavy atom. The zero-order valence-corrected chi connectivity index (χ0v) is 16.1. The first-order valence-corrected chi connectivity index (χ1v) is 9.11. The summed E-state index contributed by atoms with van der Waals surface area (Å²) in [4.78, 5) is 38.0. The molecule has 0 unspecified atom stereocenters. The van der Waals surface area contributed by atoms with Crippen LogP contribution in [0.25, 0.3) is 0 Å². The Balaban J connectivity index is 1.70. The number of carboxylic acid groups (broad SMARTS) is 1. The smallest absolute Gasteiger partial charge is 0.335 e. The van der Waals surface area contributed by atoms with Crippen LogP contribution in [0.5, 0.6) is 0 Å². The molecule has 1 N–H and O–H groups in total. The first kappa shape index (κ1) is 20.2. The highest BCUT2D eigenvalue weighted by molar-refractivity contribution is 5.98. The average Bonchev–Trinajstić information content (AvgIpc) is 2.73. The zero-order valence-electron chi connectivity index (χ0n) is 16.1. The van der Waals surface area contributed by atoms with Crippen molar-refractivity contribution in [2.75, 3.05) is 25.0 Å². The van der Waals surface area contributed by atoms with Gasteiger partial charge >= 0.3 is 5.97 Å². The molecule has 1 amide bonds. The average molecular weight is 399 g/mol. The van der Waals surface area contributed by atoms with Gasteiger partial charge < -0.3 is 14.9 Å². The fourth-order valence-electron chi connectivity index (χ4n) is 3.37. The van der Waals surface area contributed by atoms with E-state index in [-0.39, 0.29) is 17.2 Å². The van der Waals surface area contributed by atoms with Crippen LogP contribution in [0.15, 0.2) is 30.3 Å². The molecule has 1 saturated heterocycles. The second-order valence-electron chi connectivity index (χ2n) is 7.00. The van der Waals surface area contributed by atoms with E-state index in [9.17, 15) is 19.7 Å². The van der Waals surface area contributed by atoms with Gasteiger partial charge in [0.1, 0.15) is 0 Å². The lowest BCUT2D eigenvalue weighted by atomic mass is 10.0. The predicted octanol–water partition coefficient (Wildman–Crippen LogP) is 2.13. The van der Waals surface area contributed by atoms with Crippen LogP contribution in [-0.4, -0.2) is 63.2 Å². The highest BCUT2D eigenvalue weighted by Crippen LogP contribution is 2.23. The first-order valence-electron chi connectivity index (χ1n) is 9.11. The van der Waals surface area contributed by atoms with Crippen molar-refractivity contribution < 1.29 is 19.6 Å². The molecule has 0 saturated carbocycles. The number of carbonyl (C=O) groups excluding carboxylic acids is 1. The third-order valence-corrected chi connectivity index (χ3v) is 5.07. The molecule has 2 aromatic rings. The Labute approximate surface area is 166 Å². The fourth-order valence-corrected chi connectivity index (χ4v) is 3.37. The number of amides is 1. The molecule has 10 heteroatoms. The van der Waals surface area contributed by atoms with Crippen molar-refractivity contribution in [1.29, 1.82) is 0 Å². The summed E-state index contributed by atoms with van der Waals surface area (Å²) in [6.07, 6.45) is 1.39. The Morgan fingerprint density at radius 1 is 1.17 bits per heavy atom. The van der Waals surface area contributed by atoms with Gasteiger partial charge in [0.05, 0.1) is 16.2 Å². The van der Waals surface area contributed by atoms with Crippen LogP contribution in [0.2, 0.25) is 0 Å². The van der Waals surface area contributed by atoms with Crippen molar-refractivity contribution in [3.05, 3.63) is 57.3 Å². The van der Waals surface area contributed by atoms with Crippen LogP contribution in [0.3, 0.4) is 0 Å². The van der Waals surface area contributed by atoms with Crippen molar-refractivity contribution in [2.45, 2.75) is 25.8 Å². The van der Waals surface area contributed by atoms with Crippen molar-refractivity contribution >= 4 is 23.4 Å². The maximum atomic E-state index is 12.8. The summed E-state index contributed by atoms with van der Waals surface area (Å²) in [7, 11) is 1.93. The maximum Gasteiger partial charge on any atom is 0.335 e. The minimum absolute atomic E-state index is 0.00723. The van der Waals surface area contributed by atoms with E-state index in [1.807, 2.05) is 31.0 Å². The summed E-state index contributed by atoms with van der Waals surface area (Å²) in [6, 6.07) is 7.21. The number of anilines is 1. The lowest BCUT2D eigenvalue weighted by molar-refractivity contribution is -0.384. The highest BCUT2D eigenvalue weighted by Gasteiger charge is 2.28. The third kappa shape index (κ3) is 4.48. The number of nitrogens with zero attached hydrogens (tertiary/aromatic N) is 5. The quantitative estimate of drug-likeness (QED) is 0.598. The van der Waals surface area contributed by atoms with Crippen LogP contribution in [-0.2, 0) is 0 Å². The van der Waals surface area contributed by atoms with Crippen molar-refractivity contribution in [1.82, 2.24) is 15.1 Å². The molecule has 0 bridgehead atoms. The molecule has 0 aliphatic carbocycles. The number of hydrogen-bond acceptors (Lipinski definition) is 7. The van der Waals surface area contributed by atoms with Crippen LogP contribution >= 0.6 is 0 Å². The largest absolute Gasteiger partial charge is 0.478 e. The minimum atomic E-state index is -1.32. The fraction of sp³-hybridized carbons (Fsp3) is 0.368. The van der Waals surface area contributed by atoms with E-state index in [0.29, 0.717) is 25.9 Å². The van der Waals surface area contributed by atoms with Gasteiger partial charge in [-0.1, -0.05) is 0 Å².